The van der Waals surface area contributed by atoms with Gasteiger partial charge in [0.1, 0.15) is 17.2 Å². The molecule has 45 heavy (non-hydrogen) atoms. The van der Waals surface area contributed by atoms with Crippen LogP contribution < -0.4 is 19.7 Å². The van der Waals surface area contributed by atoms with Gasteiger partial charge in [0, 0.05) is 31.8 Å². The number of fused-ring (bicyclic) bond motifs is 5. The van der Waals surface area contributed by atoms with Crippen LogP contribution in [0.15, 0.2) is 72.8 Å². The maximum atomic E-state index is 13.5. The Morgan fingerprint density at radius 3 is 2.69 bits per heavy atom. The lowest BCUT2D eigenvalue weighted by Gasteiger charge is -2.39. The van der Waals surface area contributed by atoms with E-state index in [1.165, 1.54) is 4.90 Å². The van der Waals surface area contributed by atoms with Gasteiger partial charge in [0.2, 0.25) is 11.9 Å². The van der Waals surface area contributed by atoms with E-state index in [-0.39, 0.29) is 30.5 Å². The molecule has 0 aliphatic carbocycles. The molecule has 4 bridgehead atoms. The van der Waals surface area contributed by atoms with Crippen molar-refractivity contribution in [2.24, 2.45) is 5.92 Å². The number of aromatic nitrogens is 4. The molecule has 1 saturated heterocycles. The van der Waals surface area contributed by atoms with Crippen LogP contribution in [0.5, 0.6) is 17.2 Å². The van der Waals surface area contributed by atoms with Crippen LogP contribution in [0.2, 0.25) is 0 Å². The van der Waals surface area contributed by atoms with Crippen molar-refractivity contribution in [1.29, 1.82) is 0 Å². The van der Waals surface area contributed by atoms with Crippen LogP contribution in [0.1, 0.15) is 36.2 Å². The second-order valence-electron chi connectivity index (χ2n) is 11.8. The highest BCUT2D eigenvalue weighted by molar-refractivity contribution is 5.97. The summed E-state index contributed by atoms with van der Waals surface area (Å²) in [4.78, 5) is 30.3. The Kier molecular flexibility index (Phi) is 8.92. The average Bonchev–Trinajstić information content (AvgIpc) is 3.53. The summed E-state index contributed by atoms with van der Waals surface area (Å²) in [6.07, 6.45) is 0.216. The molecule has 234 valence electrons. The first-order chi connectivity index (χ1) is 21.8. The van der Waals surface area contributed by atoms with Crippen LogP contribution in [0, 0.1) is 5.92 Å². The first-order valence-corrected chi connectivity index (χ1v) is 15.1. The average molecular weight is 612 g/mol. The van der Waals surface area contributed by atoms with E-state index in [1.807, 2.05) is 54.6 Å². The van der Waals surface area contributed by atoms with Gasteiger partial charge >= 0.3 is 0 Å². The summed E-state index contributed by atoms with van der Waals surface area (Å²) < 4.78 is 20.4. The number of carbonyl (C=O) groups is 2. The summed E-state index contributed by atoms with van der Waals surface area (Å²) in [7, 11) is 1.61. The van der Waals surface area contributed by atoms with Crippen molar-refractivity contribution < 1.29 is 23.8 Å². The van der Waals surface area contributed by atoms with E-state index in [1.54, 1.807) is 29.9 Å². The van der Waals surface area contributed by atoms with Gasteiger partial charge in [-0.1, -0.05) is 49.3 Å². The molecule has 0 radical (unpaired) electrons. The van der Waals surface area contributed by atoms with Crippen LogP contribution in [-0.4, -0.2) is 82.4 Å². The number of para-hydroxylation sites is 1. The van der Waals surface area contributed by atoms with Gasteiger partial charge in [-0.25, -0.2) is 0 Å². The summed E-state index contributed by atoms with van der Waals surface area (Å²) in [5.41, 5.74) is 2.12. The van der Waals surface area contributed by atoms with Crippen LogP contribution in [0.25, 0.3) is 5.69 Å². The molecule has 3 aromatic carbocycles. The Balaban J connectivity index is 1.27. The number of anilines is 1. The van der Waals surface area contributed by atoms with Gasteiger partial charge in [-0.15, -0.1) is 0 Å². The molecular weight excluding hydrogens is 574 g/mol. The molecule has 12 heteroatoms. The monoisotopic (exact) mass is 611 g/mol. The van der Waals surface area contributed by atoms with Crippen LogP contribution >= 0.6 is 0 Å². The maximum Gasteiger partial charge on any atom is 0.254 e. The number of nitrogens with zero attached hydrogens (tertiary/aromatic N) is 6. The second-order valence-corrected chi connectivity index (χ2v) is 11.8. The molecule has 1 aromatic heterocycles. The van der Waals surface area contributed by atoms with E-state index in [0.717, 1.165) is 11.3 Å². The number of nitrogens with one attached hydrogen (secondary N) is 1. The number of ether oxygens (including phenoxy) is 3. The van der Waals surface area contributed by atoms with E-state index >= 15 is 0 Å². The topological polar surface area (TPSA) is 124 Å². The van der Waals surface area contributed by atoms with Gasteiger partial charge in [0.05, 0.1) is 37.6 Å². The third-order valence-corrected chi connectivity index (χ3v) is 7.68. The van der Waals surface area contributed by atoms with Gasteiger partial charge in [-0.3, -0.25) is 9.59 Å². The minimum Gasteiger partial charge on any atom is -0.493 e. The number of hydrogen-bond acceptors (Lipinski definition) is 9. The van der Waals surface area contributed by atoms with Gasteiger partial charge in [-0.05, 0) is 64.7 Å². The minimum atomic E-state index is -0.379. The normalized spacial score (nSPS) is 19.1. The molecule has 4 aromatic rings. The van der Waals surface area contributed by atoms with Crippen molar-refractivity contribution in [3.05, 3.63) is 83.9 Å². The van der Waals surface area contributed by atoms with Gasteiger partial charge in [0.15, 0.2) is 0 Å². The Labute approximate surface area is 261 Å². The molecule has 0 spiro atoms. The van der Waals surface area contributed by atoms with Crippen molar-refractivity contribution in [2.45, 2.75) is 39.0 Å². The van der Waals surface area contributed by atoms with Crippen LogP contribution in [0.3, 0.4) is 0 Å². The molecular formula is C33H37N7O5. The molecule has 1 N–H and O–H groups in total. The number of benzene rings is 3. The highest BCUT2D eigenvalue weighted by Gasteiger charge is 2.34. The van der Waals surface area contributed by atoms with E-state index in [9.17, 15) is 9.59 Å². The van der Waals surface area contributed by atoms with Gasteiger partial charge < -0.3 is 29.3 Å². The molecule has 2 aliphatic rings. The number of piperidine rings is 1. The lowest BCUT2D eigenvalue weighted by atomic mass is 10.0. The molecule has 0 saturated carbocycles. The Morgan fingerprint density at radius 2 is 1.87 bits per heavy atom. The zero-order valence-corrected chi connectivity index (χ0v) is 25.6. The molecule has 6 rings (SSSR count). The number of likely N-dealkylation sites (N-methyl/N-ethyl adjacent to an activating group) is 1. The first kappa shape index (κ1) is 30.1. The van der Waals surface area contributed by atoms with Crippen LogP contribution in [-0.2, 0) is 16.1 Å². The zero-order chi connectivity index (χ0) is 31.3. The largest absolute Gasteiger partial charge is 0.493 e. The molecule has 2 amide bonds. The summed E-state index contributed by atoms with van der Waals surface area (Å²) in [5, 5.41) is 15.6. The zero-order valence-electron chi connectivity index (χ0n) is 25.6. The van der Waals surface area contributed by atoms with Gasteiger partial charge in [0.25, 0.3) is 5.91 Å². The fourth-order valence-electron chi connectivity index (χ4n) is 5.45. The molecule has 1 fully saturated rings. The third-order valence-electron chi connectivity index (χ3n) is 7.68. The third kappa shape index (κ3) is 7.23. The highest BCUT2D eigenvalue weighted by Crippen LogP contribution is 2.30. The molecule has 2 aliphatic heterocycles. The lowest BCUT2D eigenvalue weighted by molar-refractivity contribution is -0.123. The highest BCUT2D eigenvalue weighted by atomic mass is 16.5. The maximum absolute atomic E-state index is 13.5. The van der Waals surface area contributed by atoms with E-state index in [0.29, 0.717) is 67.4 Å². The first-order valence-electron chi connectivity index (χ1n) is 15.1. The summed E-state index contributed by atoms with van der Waals surface area (Å²) in [5.74, 6) is 1.90. The smallest absolute Gasteiger partial charge is 0.254 e. The van der Waals surface area contributed by atoms with Gasteiger partial charge in [-0.2, -0.15) is 4.68 Å². The predicted molar refractivity (Wildman–Crippen MR) is 167 cm³/mol. The fourth-order valence-corrected chi connectivity index (χ4v) is 5.45. The van der Waals surface area contributed by atoms with E-state index < -0.39 is 0 Å². The number of tetrazole rings is 1. The summed E-state index contributed by atoms with van der Waals surface area (Å²) >= 11 is 0. The standard InChI is InChI=1S/C33H37N7O5/c1-22(2)20-43-27-15-24-16-28(17-27)45-26-11-7-8-23(14-26)21-44-30-18-39(13-12-29(30)34-31(41)19-38(3)32(24)42)33-35-36-37-40(33)25-9-5-4-6-10-25/h4-11,14-17,22,29-30H,12-13,18-21H2,1-3H3,(H,34,41)/t29-,30-/m0/s1. The van der Waals surface area contributed by atoms with Crippen molar-refractivity contribution >= 4 is 17.8 Å². The quantitative estimate of drug-likeness (QED) is 0.358. The second kappa shape index (κ2) is 13.3. The van der Waals surface area contributed by atoms with E-state index in [4.69, 9.17) is 14.2 Å². The molecule has 2 atom stereocenters. The van der Waals surface area contributed by atoms with Crippen molar-refractivity contribution in [2.75, 3.05) is 38.2 Å². The molecule has 12 nitrogen and oxygen atoms in total. The Hall–Kier alpha value is -4.97. The van der Waals surface area contributed by atoms with Crippen molar-refractivity contribution in [1.82, 2.24) is 30.4 Å². The van der Waals surface area contributed by atoms with E-state index in [2.05, 4.69) is 39.6 Å². The number of hydrogen-bond donors (Lipinski definition) is 1. The van der Waals surface area contributed by atoms with Crippen molar-refractivity contribution in [3.63, 3.8) is 0 Å². The number of rotatable bonds is 5. The Bertz CT molecular complexity index is 1640. The Morgan fingerprint density at radius 1 is 1.02 bits per heavy atom. The minimum absolute atomic E-state index is 0.121. The number of carbonyl (C=O) groups excluding carboxylic acids is 2. The number of amides is 2. The summed E-state index contributed by atoms with van der Waals surface area (Å²) in [6.45, 7) is 5.83. The summed E-state index contributed by atoms with van der Waals surface area (Å²) in [6, 6.07) is 22.2. The molecule has 3 heterocycles. The SMILES string of the molecule is CC(C)COc1cc2cc(c1)C(=O)N(C)CC(=O)N[C@H]1CCN(c3nnnn3-c3ccccc3)C[C@@H]1OCc1cccc(c1)O2. The predicted octanol–water partition coefficient (Wildman–Crippen LogP) is 3.86. The molecule has 0 unspecified atom stereocenters. The fraction of sp³-hybridized carbons (Fsp3) is 0.364. The van der Waals surface area contributed by atoms with Crippen molar-refractivity contribution in [3.8, 4) is 22.9 Å². The van der Waals surface area contributed by atoms with Crippen LogP contribution in [0.4, 0.5) is 5.95 Å². The lowest BCUT2D eigenvalue weighted by Crippen LogP contribution is -2.56.